The van der Waals surface area contributed by atoms with Gasteiger partial charge >= 0.3 is 0 Å². The van der Waals surface area contributed by atoms with Crippen LogP contribution in [0.1, 0.15) is 26.2 Å². The number of rotatable bonds is 7. The van der Waals surface area contributed by atoms with Crippen molar-refractivity contribution in [2.45, 2.75) is 38.3 Å². The predicted molar refractivity (Wildman–Crippen MR) is 76.1 cm³/mol. The van der Waals surface area contributed by atoms with Crippen molar-refractivity contribution in [2.75, 3.05) is 40.8 Å². The highest BCUT2D eigenvalue weighted by molar-refractivity contribution is 7.86. The highest BCUT2D eigenvalue weighted by Gasteiger charge is 2.40. The lowest BCUT2D eigenvalue weighted by Crippen LogP contribution is -2.47. The largest absolute Gasteiger partial charge is 0.392 e. The Morgan fingerprint density at radius 1 is 1.32 bits per heavy atom. The summed E-state index contributed by atoms with van der Waals surface area (Å²) in [6.45, 7) is 3.41. The topological polar surface area (TPSA) is 64.1 Å². The Kier molecular flexibility index (Phi) is 6.19. The van der Waals surface area contributed by atoms with E-state index in [1.807, 2.05) is 25.9 Å². The molecule has 2 atom stereocenters. The molecule has 0 spiro atoms. The van der Waals surface area contributed by atoms with Crippen LogP contribution < -0.4 is 0 Å². The van der Waals surface area contributed by atoms with E-state index in [4.69, 9.17) is 0 Å². The Bertz CT molecular complexity index is 372. The Hall–Kier alpha value is -0.210. The first-order chi connectivity index (χ1) is 8.78. The Balaban J connectivity index is 2.79. The minimum Gasteiger partial charge on any atom is -0.392 e. The van der Waals surface area contributed by atoms with Crippen molar-refractivity contribution in [2.24, 2.45) is 0 Å². The fourth-order valence-corrected chi connectivity index (χ4v) is 4.02. The molecule has 1 heterocycles. The van der Waals surface area contributed by atoms with E-state index in [0.29, 0.717) is 19.5 Å². The van der Waals surface area contributed by atoms with E-state index in [9.17, 15) is 13.5 Å². The van der Waals surface area contributed by atoms with Crippen molar-refractivity contribution in [1.29, 1.82) is 0 Å². The molecule has 1 saturated heterocycles. The van der Waals surface area contributed by atoms with Crippen LogP contribution in [0.25, 0.3) is 0 Å². The molecule has 1 aliphatic rings. The summed E-state index contributed by atoms with van der Waals surface area (Å²) in [5, 5.41) is 9.76. The van der Waals surface area contributed by atoms with Gasteiger partial charge in [-0.3, -0.25) is 0 Å². The second-order valence-electron chi connectivity index (χ2n) is 5.56. The van der Waals surface area contributed by atoms with E-state index in [2.05, 4.69) is 0 Å². The third kappa shape index (κ3) is 4.39. The van der Waals surface area contributed by atoms with E-state index in [1.165, 1.54) is 8.61 Å². The molecule has 114 valence electrons. The van der Waals surface area contributed by atoms with Crippen LogP contribution in [0.15, 0.2) is 0 Å². The maximum Gasteiger partial charge on any atom is 0.282 e. The van der Waals surface area contributed by atoms with Crippen molar-refractivity contribution < 1.29 is 13.5 Å². The first kappa shape index (κ1) is 16.8. The summed E-state index contributed by atoms with van der Waals surface area (Å²) in [6, 6.07) is -0.140. The minimum absolute atomic E-state index is 0.140. The number of likely N-dealkylation sites (N-methyl/N-ethyl adjacent to an activating group) is 1. The average molecular weight is 293 g/mol. The highest BCUT2D eigenvalue weighted by Crippen LogP contribution is 2.23. The molecule has 19 heavy (non-hydrogen) atoms. The van der Waals surface area contributed by atoms with Gasteiger partial charge in [-0.25, -0.2) is 0 Å². The van der Waals surface area contributed by atoms with Crippen molar-refractivity contribution in [3.8, 4) is 0 Å². The highest BCUT2D eigenvalue weighted by atomic mass is 32.2. The molecule has 0 bridgehead atoms. The van der Waals surface area contributed by atoms with Gasteiger partial charge in [0.05, 0.1) is 6.10 Å². The number of nitrogens with zero attached hydrogens (tertiary/aromatic N) is 3. The SMILES string of the molecule is CCCCN(C)S(=O)(=O)N1CC(O)CC1CN(C)C. The molecule has 0 aromatic carbocycles. The normalized spacial score (nSPS) is 25.6. The molecular formula is C12H27N3O3S. The summed E-state index contributed by atoms with van der Waals surface area (Å²) >= 11 is 0. The van der Waals surface area contributed by atoms with Crippen LogP contribution in [0.5, 0.6) is 0 Å². The number of unbranched alkanes of at least 4 members (excludes halogenated alkanes) is 1. The molecule has 2 unspecified atom stereocenters. The van der Waals surface area contributed by atoms with Crippen LogP contribution in [-0.4, -0.2) is 80.0 Å². The summed E-state index contributed by atoms with van der Waals surface area (Å²) in [7, 11) is 1.98. The van der Waals surface area contributed by atoms with Crippen LogP contribution in [0, 0.1) is 0 Å². The van der Waals surface area contributed by atoms with Gasteiger partial charge in [-0.1, -0.05) is 13.3 Å². The van der Waals surface area contributed by atoms with Crippen LogP contribution in [0.2, 0.25) is 0 Å². The average Bonchev–Trinajstić information content (AvgIpc) is 2.66. The number of aliphatic hydroxyl groups excluding tert-OH is 1. The van der Waals surface area contributed by atoms with Gasteiger partial charge in [0.2, 0.25) is 0 Å². The number of hydrogen-bond donors (Lipinski definition) is 1. The summed E-state index contributed by atoms with van der Waals surface area (Å²) in [5.41, 5.74) is 0. The Morgan fingerprint density at radius 3 is 2.47 bits per heavy atom. The zero-order chi connectivity index (χ0) is 14.6. The van der Waals surface area contributed by atoms with Crippen molar-refractivity contribution in [3.05, 3.63) is 0 Å². The van der Waals surface area contributed by atoms with Crippen molar-refractivity contribution in [3.63, 3.8) is 0 Å². The molecule has 0 aliphatic carbocycles. The fraction of sp³-hybridized carbons (Fsp3) is 1.00. The maximum absolute atomic E-state index is 12.5. The summed E-state index contributed by atoms with van der Waals surface area (Å²) < 4.78 is 27.8. The number of β-amino-alcohol motifs (C(OH)–C–C–N with tert-alkyl or cyclic N) is 1. The van der Waals surface area contributed by atoms with Gasteiger partial charge in [-0.15, -0.1) is 0 Å². The molecule has 1 N–H and O–H groups in total. The number of hydrogen-bond acceptors (Lipinski definition) is 4. The third-order valence-electron chi connectivity index (χ3n) is 3.43. The fourth-order valence-electron chi connectivity index (χ4n) is 2.41. The van der Waals surface area contributed by atoms with E-state index >= 15 is 0 Å². The van der Waals surface area contributed by atoms with Gasteiger partial charge in [0, 0.05) is 32.7 Å². The quantitative estimate of drug-likeness (QED) is 0.715. The third-order valence-corrected chi connectivity index (χ3v) is 5.45. The lowest BCUT2D eigenvalue weighted by atomic mass is 10.2. The van der Waals surface area contributed by atoms with Gasteiger partial charge < -0.3 is 10.0 Å². The molecule has 0 aromatic rings. The predicted octanol–water partition coefficient (Wildman–Crippen LogP) is -0.0401. The van der Waals surface area contributed by atoms with Crippen molar-refractivity contribution >= 4 is 10.2 Å². The van der Waals surface area contributed by atoms with Crippen molar-refractivity contribution in [1.82, 2.24) is 13.5 Å². The lowest BCUT2D eigenvalue weighted by molar-refractivity contribution is 0.187. The molecule has 6 nitrogen and oxygen atoms in total. The van der Waals surface area contributed by atoms with Gasteiger partial charge in [0.15, 0.2) is 0 Å². The molecule has 0 amide bonds. The summed E-state index contributed by atoms with van der Waals surface area (Å²) in [4.78, 5) is 1.96. The molecule has 1 aliphatic heterocycles. The van der Waals surface area contributed by atoms with E-state index in [0.717, 1.165) is 12.8 Å². The summed E-state index contributed by atoms with van der Waals surface area (Å²) in [6.07, 6.45) is 1.77. The Morgan fingerprint density at radius 2 is 1.95 bits per heavy atom. The van der Waals surface area contributed by atoms with Crippen LogP contribution in [0.4, 0.5) is 0 Å². The first-order valence-corrected chi connectivity index (χ1v) is 8.24. The molecule has 0 radical (unpaired) electrons. The Labute approximate surface area is 117 Å². The second-order valence-corrected chi connectivity index (χ2v) is 7.55. The van der Waals surface area contributed by atoms with Gasteiger partial charge in [-0.05, 0) is 26.9 Å². The van der Waals surface area contributed by atoms with E-state index in [1.54, 1.807) is 7.05 Å². The second kappa shape index (κ2) is 6.99. The molecule has 0 aromatic heterocycles. The zero-order valence-corrected chi connectivity index (χ0v) is 13.2. The van der Waals surface area contributed by atoms with E-state index in [-0.39, 0.29) is 12.6 Å². The standard InChI is InChI=1S/C12H27N3O3S/c1-5-6-7-14(4)19(17,18)15-10-12(16)8-11(15)9-13(2)3/h11-12,16H,5-10H2,1-4H3. The molecule has 7 heteroatoms. The first-order valence-electron chi connectivity index (χ1n) is 6.85. The zero-order valence-electron chi connectivity index (χ0n) is 12.4. The van der Waals surface area contributed by atoms with Crippen LogP contribution in [0.3, 0.4) is 0 Å². The van der Waals surface area contributed by atoms with Gasteiger partial charge in [0.1, 0.15) is 0 Å². The molecule has 1 rings (SSSR count). The molecule has 1 fully saturated rings. The van der Waals surface area contributed by atoms with Crippen LogP contribution in [-0.2, 0) is 10.2 Å². The molecule has 0 saturated carbocycles. The summed E-state index contributed by atoms with van der Waals surface area (Å²) in [5.74, 6) is 0. The van der Waals surface area contributed by atoms with Gasteiger partial charge in [0.25, 0.3) is 10.2 Å². The number of aliphatic hydroxyl groups is 1. The lowest BCUT2D eigenvalue weighted by Gasteiger charge is -2.30. The molecular weight excluding hydrogens is 266 g/mol. The monoisotopic (exact) mass is 293 g/mol. The van der Waals surface area contributed by atoms with Crippen LogP contribution >= 0.6 is 0 Å². The van der Waals surface area contributed by atoms with E-state index < -0.39 is 16.3 Å². The maximum atomic E-state index is 12.5. The van der Waals surface area contributed by atoms with Gasteiger partial charge in [-0.2, -0.15) is 17.0 Å². The minimum atomic E-state index is -3.46. The smallest absolute Gasteiger partial charge is 0.282 e.